The monoisotopic (exact) mass is 391 g/mol. The normalized spacial score (nSPS) is 14.9. The van der Waals surface area contributed by atoms with E-state index in [0.29, 0.717) is 25.4 Å². The van der Waals surface area contributed by atoms with Crippen LogP contribution in [0.3, 0.4) is 0 Å². The molecular weight excluding hydrogens is 370 g/mol. The highest BCUT2D eigenvalue weighted by Gasteiger charge is 2.30. The molecule has 0 atom stereocenters. The van der Waals surface area contributed by atoms with E-state index in [4.69, 9.17) is 10.5 Å². The number of rotatable bonds is 6. The predicted octanol–water partition coefficient (Wildman–Crippen LogP) is 1.49. The molecule has 3 N–H and O–H groups in total. The van der Waals surface area contributed by atoms with Crippen LogP contribution in [0.25, 0.3) is 0 Å². The summed E-state index contributed by atoms with van der Waals surface area (Å²) in [6, 6.07) is 4.49. The first-order valence-electron chi connectivity index (χ1n) is 8.58. The largest absolute Gasteiger partial charge is 0.492 e. The Kier molecular flexibility index (Phi) is 5.57. The van der Waals surface area contributed by atoms with Crippen LogP contribution in [0, 0.1) is 0 Å². The van der Waals surface area contributed by atoms with Gasteiger partial charge in [0, 0.05) is 31.2 Å². The zero-order valence-corrected chi connectivity index (χ0v) is 15.7. The standard InChI is InChI=1S/C17H21N5O4S/c1-2-26-13-6-5-12(21-17(23)15-16(18)20-8-7-19-15)11-14(13)27(24,25)22-9-3-4-10-22/h5-8,11H,2-4,9-10H2,1H3,(H2,18,20)(H,21,23). The highest BCUT2D eigenvalue weighted by atomic mass is 32.2. The van der Waals surface area contributed by atoms with E-state index in [-0.39, 0.29) is 22.2 Å². The van der Waals surface area contributed by atoms with Gasteiger partial charge >= 0.3 is 0 Å². The highest BCUT2D eigenvalue weighted by Crippen LogP contribution is 2.31. The Balaban J connectivity index is 1.94. The third-order valence-corrected chi connectivity index (χ3v) is 6.05. The van der Waals surface area contributed by atoms with Gasteiger partial charge in [-0.15, -0.1) is 0 Å². The minimum Gasteiger partial charge on any atom is -0.492 e. The summed E-state index contributed by atoms with van der Waals surface area (Å²) >= 11 is 0. The van der Waals surface area contributed by atoms with Gasteiger partial charge in [-0.3, -0.25) is 4.79 Å². The summed E-state index contributed by atoms with van der Waals surface area (Å²) in [6.45, 7) is 3.05. The summed E-state index contributed by atoms with van der Waals surface area (Å²) in [5.41, 5.74) is 5.93. The molecule has 1 fully saturated rings. The lowest BCUT2D eigenvalue weighted by Crippen LogP contribution is -2.28. The first-order chi connectivity index (χ1) is 12.9. The number of carbonyl (C=O) groups is 1. The molecular formula is C17H21N5O4S. The molecule has 0 bridgehead atoms. The second kappa shape index (κ2) is 7.89. The van der Waals surface area contributed by atoms with Crippen LogP contribution < -0.4 is 15.8 Å². The Morgan fingerprint density at radius 1 is 1.26 bits per heavy atom. The van der Waals surface area contributed by atoms with Crippen LogP contribution in [-0.4, -0.2) is 48.3 Å². The van der Waals surface area contributed by atoms with Gasteiger partial charge in [0.15, 0.2) is 11.5 Å². The number of amides is 1. The van der Waals surface area contributed by atoms with E-state index >= 15 is 0 Å². The fourth-order valence-corrected chi connectivity index (χ4v) is 4.52. The Hall–Kier alpha value is -2.72. The molecule has 9 nitrogen and oxygen atoms in total. The van der Waals surface area contributed by atoms with Crippen LogP contribution in [-0.2, 0) is 10.0 Å². The summed E-state index contributed by atoms with van der Waals surface area (Å²) in [6.07, 6.45) is 4.38. The number of carbonyl (C=O) groups excluding carboxylic acids is 1. The highest BCUT2D eigenvalue weighted by molar-refractivity contribution is 7.89. The molecule has 1 amide bonds. The summed E-state index contributed by atoms with van der Waals surface area (Å²) in [5, 5.41) is 2.61. The van der Waals surface area contributed by atoms with E-state index in [1.807, 2.05) is 0 Å². The van der Waals surface area contributed by atoms with Crippen molar-refractivity contribution in [3.63, 3.8) is 0 Å². The van der Waals surface area contributed by atoms with E-state index in [1.165, 1.54) is 28.8 Å². The van der Waals surface area contributed by atoms with Crippen molar-refractivity contribution in [2.45, 2.75) is 24.7 Å². The summed E-state index contributed by atoms with van der Waals surface area (Å²) < 4.78 is 32.9. The number of nitrogen functional groups attached to an aromatic ring is 1. The third kappa shape index (κ3) is 4.01. The quantitative estimate of drug-likeness (QED) is 0.763. The zero-order valence-electron chi connectivity index (χ0n) is 14.9. The SMILES string of the molecule is CCOc1ccc(NC(=O)c2nccnc2N)cc1S(=O)(=O)N1CCCC1. The van der Waals surface area contributed by atoms with E-state index in [9.17, 15) is 13.2 Å². The van der Waals surface area contributed by atoms with E-state index in [0.717, 1.165) is 12.8 Å². The molecule has 10 heteroatoms. The molecule has 0 saturated carbocycles. The average molecular weight is 391 g/mol. The molecule has 144 valence electrons. The maximum atomic E-state index is 13.0. The number of benzene rings is 1. The second-order valence-corrected chi connectivity index (χ2v) is 7.86. The number of hydrogen-bond acceptors (Lipinski definition) is 7. The van der Waals surface area contributed by atoms with Crippen molar-refractivity contribution >= 4 is 27.4 Å². The molecule has 0 radical (unpaired) electrons. The fourth-order valence-electron chi connectivity index (χ4n) is 2.84. The van der Waals surface area contributed by atoms with E-state index in [2.05, 4.69) is 15.3 Å². The number of hydrogen-bond donors (Lipinski definition) is 2. The molecule has 2 heterocycles. The van der Waals surface area contributed by atoms with Gasteiger partial charge in [0.25, 0.3) is 5.91 Å². The lowest BCUT2D eigenvalue weighted by molar-refractivity contribution is 0.102. The van der Waals surface area contributed by atoms with Crippen LogP contribution in [0.2, 0.25) is 0 Å². The maximum Gasteiger partial charge on any atom is 0.278 e. The first-order valence-corrected chi connectivity index (χ1v) is 10.0. The topological polar surface area (TPSA) is 128 Å². The van der Waals surface area contributed by atoms with Crippen molar-refractivity contribution < 1.29 is 17.9 Å². The van der Waals surface area contributed by atoms with Gasteiger partial charge in [-0.2, -0.15) is 4.31 Å². The van der Waals surface area contributed by atoms with Gasteiger partial charge < -0.3 is 15.8 Å². The smallest absolute Gasteiger partial charge is 0.278 e. The van der Waals surface area contributed by atoms with Gasteiger partial charge in [0.1, 0.15) is 10.6 Å². The number of nitrogens with zero attached hydrogens (tertiary/aromatic N) is 3. The van der Waals surface area contributed by atoms with Gasteiger partial charge in [-0.1, -0.05) is 0 Å². The number of sulfonamides is 1. The number of nitrogens with two attached hydrogens (primary N) is 1. The minimum absolute atomic E-state index is 0.00847. The lowest BCUT2D eigenvalue weighted by Gasteiger charge is -2.19. The Morgan fingerprint density at radius 3 is 2.63 bits per heavy atom. The molecule has 1 aromatic carbocycles. The number of aromatic nitrogens is 2. The molecule has 1 saturated heterocycles. The van der Waals surface area contributed by atoms with E-state index < -0.39 is 15.9 Å². The number of nitrogens with one attached hydrogen (secondary N) is 1. The predicted molar refractivity (Wildman–Crippen MR) is 100 cm³/mol. The number of ether oxygens (including phenoxy) is 1. The summed E-state index contributed by atoms with van der Waals surface area (Å²) in [5.74, 6) is -0.332. The molecule has 1 aromatic heterocycles. The van der Waals surface area contributed by atoms with Gasteiger partial charge in [0.2, 0.25) is 10.0 Å². The van der Waals surface area contributed by atoms with Crippen LogP contribution in [0.4, 0.5) is 11.5 Å². The van der Waals surface area contributed by atoms with Crippen LogP contribution in [0.5, 0.6) is 5.75 Å². The van der Waals surface area contributed by atoms with Crippen LogP contribution in [0.15, 0.2) is 35.5 Å². The molecule has 0 unspecified atom stereocenters. The average Bonchev–Trinajstić information content (AvgIpc) is 3.19. The van der Waals surface area contributed by atoms with Gasteiger partial charge in [-0.25, -0.2) is 18.4 Å². The maximum absolute atomic E-state index is 13.0. The Morgan fingerprint density at radius 2 is 1.96 bits per heavy atom. The molecule has 2 aromatic rings. The zero-order chi connectivity index (χ0) is 19.4. The lowest BCUT2D eigenvalue weighted by atomic mass is 10.3. The van der Waals surface area contributed by atoms with Crippen molar-refractivity contribution in [3.8, 4) is 5.75 Å². The molecule has 1 aliphatic rings. The van der Waals surface area contributed by atoms with Crippen molar-refractivity contribution in [2.24, 2.45) is 0 Å². The van der Waals surface area contributed by atoms with Crippen LogP contribution >= 0.6 is 0 Å². The number of anilines is 2. The molecule has 1 aliphatic heterocycles. The summed E-state index contributed by atoms with van der Waals surface area (Å²) in [7, 11) is -3.72. The Bertz CT molecular complexity index is 942. The van der Waals surface area contributed by atoms with Gasteiger partial charge in [-0.05, 0) is 38.0 Å². The minimum atomic E-state index is -3.72. The van der Waals surface area contributed by atoms with Crippen molar-refractivity contribution in [2.75, 3.05) is 30.7 Å². The molecule has 0 spiro atoms. The van der Waals surface area contributed by atoms with E-state index in [1.54, 1.807) is 13.0 Å². The van der Waals surface area contributed by atoms with Crippen LogP contribution in [0.1, 0.15) is 30.3 Å². The molecule has 3 rings (SSSR count). The molecule has 0 aliphatic carbocycles. The fraction of sp³-hybridized carbons (Fsp3) is 0.353. The second-order valence-electron chi connectivity index (χ2n) is 5.95. The first kappa shape index (κ1) is 19.1. The van der Waals surface area contributed by atoms with Crippen molar-refractivity contribution in [1.29, 1.82) is 0 Å². The van der Waals surface area contributed by atoms with Crippen molar-refractivity contribution in [3.05, 3.63) is 36.3 Å². The van der Waals surface area contributed by atoms with Gasteiger partial charge in [0.05, 0.1) is 6.61 Å². The van der Waals surface area contributed by atoms with Crippen molar-refractivity contribution in [1.82, 2.24) is 14.3 Å². The third-order valence-electron chi connectivity index (χ3n) is 4.13. The Labute approximate surface area is 157 Å². The summed E-state index contributed by atoms with van der Waals surface area (Å²) in [4.78, 5) is 20.1. The molecule has 27 heavy (non-hydrogen) atoms.